The number of aromatic nitrogens is 1. The standard InChI is InChI=1S/C11H16BrN3O/c1-7-5-15(6-8(2)16-7)11-9(12)3-14-4-10(11)13/h3-4,7-8H,5-6,13H2,1-2H3. The Morgan fingerprint density at radius 3 is 2.56 bits per heavy atom. The van der Waals surface area contributed by atoms with Crippen LogP contribution >= 0.6 is 15.9 Å². The minimum Gasteiger partial charge on any atom is -0.396 e. The van der Waals surface area contributed by atoms with E-state index in [1.807, 2.05) is 0 Å². The quantitative estimate of drug-likeness (QED) is 0.858. The van der Waals surface area contributed by atoms with Crippen LogP contribution in [0.2, 0.25) is 0 Å². The molecule has 2 unspecified atom stereocenters. The smallest absolute Gasteiger partial charge is 0.0777 e. The zero-order valence-electron chi connectivity index (χ0n) is 9.48. The van der Waals surface area contributed by atoms with E-state index in [0.29, 0.717) is 5.69 Å². The molecule has 2 N–H and O–H groups in total. The Labute approximate surface area is 104 Å². The van der Waals surface area contributed by atoms with E-state index < -0.39 is 0 Å². The summed E-state index contributed by atoms with van der Waals surface area (Å²) in [5.41, 5.74) is 7.70. The van der Waals surface area contributed by atoms with Gasteiger partial charge < -0.3 is 15.4 Å². The van der Waals surface area contributed by atoms with Gasteiger partial charge in [-0.25, -0.2) is 0 Å². The number of halogens is 1. The minimum atomic E-state index is 0.225. The number of anilines is 2. The number of nitrogens with two attached hydrogens (primary N) is 1. The number of hydrogen-bond donors (Lipinski definition) is 1. The minimum absolute atomic E-state index is 0.225. The Balaban J connectivity index is 2.29. The van der Waals surface area contributed by atoms with E-state index in [-0.39, 0.29) is 12.2 Å². The molecule has 0 radical (unpaired) electrons. The molecule has 88 valence electrons. The molecule has 1 aromatic heterocycles. The van der Waals surface area contributed by atoms with E-state index in [4.69, 9.17) is 10.5 Å². The topological polar surface area (TPSA) is 51.4 Å². The van der Waals surface area contributed by atoms with Crippen LogP contribution in [0.1, 0.15) is 13.8 Å². The van der Waals surface area contributed by atoms with E-state index in [1.165, 1.54) is 0 Å². The van der Waals surface area contributed by atoms with Gasteiger partial charge in [-0.05, 0) is 29.8 Å². The molecule has 0 aromatic carbocycles. The molecule has 1 aliphatic rings. The van der Waals surface area contributed by atoms with Crippen molar-refractivity contribution in [2.24, 2.45) is 0 Å². The van der Waals surface area contributed by atoms with Crippen LogP contribution in [-0.4, -0.2) is 30.3 Å². The summed E-state index contributed by atoms with van der Waals surface area (Å²) in [6.45, 7) is 5.87. The molecule has 1 aliphatic heterocycles. The summed E-state index contributed by atoms with van der Waals surface area (Å²) in [5, 5.41) is 0. The highest BCUT2D eigenvalue weighted by molar-refractivity contribution is 9.10. The summed E-state index contributed by atoms with van der Waals surface area (Å²) >= 11 is 3.50. The molecule has 0 spiro atoms. The lowest BCUT2D eigenvalue weighted by atomic mass is 10.2. The molecule has 0 amide bonds. The van der Waals surface area contributed by atoms with Crippen molar-refractivity contribution in [3.05, 3.63) is 16.9 Å². The Bertz CT molecular complexity index is 355. The van der Waals surface area contributed by atoms with Gasteiger partial charge in [-0.2, -0.15) is 0 Å². The molecular formula is C11H16BrN3O. The Kier molecular flexibility index (Phi) is 3.35. The fourth-order valence-electron chi connectivity index (χ4n) is 2.14. The van der Waals surface area contributed by atoms with Crippen LogP contribution in [0.15, 0.2) is 16.9 Å². The predicted octanol–water partition coefficient (Wildman–Crippen LogP) is 2.04. The molecule has 1 saturated heterocycles. The van der Waals surface area contributed by atoms with Crippen LogP contribution in [0, 0.1) is 0 Å². The summed E-state index contributed by atoms with van der Waals surface area (Å²) in [7, 11) is 0. The lowest BCUT2D eigenvalue weighted by molar-refractivity contribution is -0.00521. The van der Waals surface area contributed by atoms with Crippen molar-refractivity contribution in [1.29, 1.82) is 0 Å². The van der Waals surface area contributed by atoms with E-state index in [1.54, 1.807) is 12.4 Å². The van der Waals surface area contributed by atoms with Crippen molar-refractivity contribution in [1.82, 2.24) is 4.98 Å². The third-order valence-electron chi connectivity index (χ3n) is 2.64. The van der Waals surface area contributed by atoms with Gasteiger partial charge in [0.05, 0.1) is 34.3 Å². The first-order chi connectivity index (χ1) is 7.58. The SMILES string of the molecule is CC1CN(c2c(N)cncc2Br)CC(C)O1. The van der Waals surface area contributed by atoms with Crippen LogP contribution in [0.25, 0.3) is 0 Å². The van der Waals surface area contributed by atoms with Gasteiger partial charge in [-0.15, -0.1) is 0 Å². The fourth-order valence-corrected chi connectivity index (χ4v) is 2.74. The van der Waals surface area contributed by atoms with Crippen LogP contribution in [0.5, 0.6) is 0 Å². The summed E-state index contributed by atoms with van der Waals surface area (Å²) in [6, 6.07) is 0. The third kappa shape index (κ3) is 2.30. The highest BCUT2D eigenvalue weighted by Gasteiger charge is 2.24. The monoisotopic (exact) mass is 285 g/mol. The van der Waals surface area contributed by atoms with E-state index >= 15 is 0 Å². The zero-order valence-corrected chi connectivity index (χ0v) is 11.1. The maximum Gasteiger partial charge on any atom is 0.0777 e. The average molecular weight is 286 g/mol. The lowest BCUT2D eigenvalue weighted by Crippen LogP contribution is -2.45. The first-order valence-corrected chi connectivity index (χ1v) is 6.16. The number of nitrogen functional groups attached to an aromatic ring is 1. The van der Waals surface area contributed by atoms with Gasteiger partial charge in [0, 0.05) is 19.3 Å². The second kappa shape index (κ2) is 4.59. The number of hydrogen-bond acceptors (Lipinski definition) is 4. The van der Waals surface area contributed by atoms with Gasteiger partial charge in [0.1, 0.15) is 0 Å². The molecule has 0 bridgehead atoms. The van der Waals surface area contributed by atoms with Crippen LogP contribution in [0.3, 0.4) is 0 Å². The first-order valence-electron chi connectivity index (χ1n) is 5.37. The molecule has 5 heteroatoms. The molecule has 2 atom stereocenters. The van der Waals surface area contributed by atoms with Crippen LogP contribution in [0.4, 0.5) is 11.4 Å². The van der Waals surface area contributed by atoms with Crippen molar-refractivity contribution in [3.63, 3.8) is 0 Å². The molecule has 4 nitrogen and oxygen atoms in total. The first kappa shape index (κ1) is 11.7. The van der Waals surface area contributed by atoms with Gasteiger partial charge in [0.2, 0.25) is 0 Å². The molecule has 16 heavy (non-hydrogen) atoms. The number of nitrogens with zero attached hydrogens (tertiary/aromatic N) is 2. The predicted molar refractivity (Wildman–Crippen MR) is 68.6 cm³/mol. The summed E-state index contributed by atoms with van der Waals surface area (Å²) in [4.78, 5) is 6.30. The van der Waals surface area contributed by atoms with Crippen molar-refractivity contribution in [2.45, 2.75) is 26.1 Å². The summed E-state index contributed by atoms with van der Waals surface area (Å²) < 4.78 is 6.64. The lowest BCUT2D eigenvalue weighted by Gasteiger charge is -2.37. The van der Waals surface area contributed by atoms with Crippen molar-refractivity contribution in [2.75, 3.05) is 23.7 Å². The highest BCUT2D eigenvalue weighted by Crippen LogP contribution is 2.32. The fraction of sp³-hybridized carbons (Fsp3) is 0.545. The number of rotatable bonds is 1. The molecule has 1 fully saturated rings. The van der Waals surface area contributed by atoms with E-state index in [0.717, 1.165) is 23.2 Å². The van der Waals surface area contributed by atoms with Crippen molar-refractivity contribution >= 4 is 27.3 Å². The molecule has 0 saturated carbocycles. The Morgan fingerprint density at radius 2 is 2.00 bits per heavy atom. The number of pyridine rings is 1. The highest BCUT2D eigenvalue weighted by atomic mass is 79.9. The van der Waals surface area contributed by atoms with Gasteiger partial charge in [-0.1, -0.05) is 0 Å². The molecule has 2 rings (SSSR count). The second-order valence-electron chi connectivity index (χ2n) is 4.22. The van der Waals surface area contributed by atoms with Crippen LogP contribution < -0.4 is 10.6 Å². The number of ether oxygens (including phenoxy) is 1. The van der Waals surface area contributed by atoms with Gasteiger partial charge in [0.15, 0.2) is 0 Å². The maximum absolute atomic E-state index is 5.97. The largest absolute Gasteiger partial charge is 0.396 e. The Hall–Kier alpha value is -0.810. The Morgan fingerprint density at radius 1 is 1.38 bits per heavy atom. The zero-order chi connectivity index (χ0) is 11.7. The maximum atomic E-state index is 5.97. The van der Waals surface area contributed by atoms with Gasteiger partial charge >= 0.3 is 0 Å². The molecule has 0 aliphatic carbocycles. The van der Waals surface area contributed by atoms with E-state index in [9.17, 15) is 0 Å². The van der Waals surface area contributed by atoms with Crippen LogP contribution in [-0.2, 0) is 4.74 Å². The van der Waals surface area contributed by atoms with Crippen molar-refractivity contribution < 1.29 is 4.74 Å². The second-order valence-corrected chi connectivity index (χ2v) is 5.08. The molecular weight excluding hydrogens is 270 g/mol. The van der Waals surface area contributed by atoms with E-state index in [2.05, 4.69) is 39.7 Å². The molecule has 2 heterocycles. The summed E-state index contributed by atoms with van der Waals surface area (Å²) in [6.07, 6.45) is 3.91. The number of morpholine rings is 1. The van der Waals surface area contributed by atoms with Gasteiger partial charge in [0.25, 0.3) is 0 Å². The molecule has 1 aromatic rings. The average Bonchev–Trinajstić information content (AvgIpc) is 2.15. The van der Waals surface area contributed by atoms with Crippen molar-refractivity contribution in [3.8, 4) is 0 Å². The normalized spacial score (nSPS) is 25.8. The third-order valence-corrected chi connectivity index (χ3v) is 3.22. The summed E-state index contributed by atoms with van der Waals surface area (Å²) in [5.74, 6) is 0. The van der Waals surface area contributed by atoms with Gasteiger partial charge in [-0.3, -0.25) is 4.98 Å².